The van der Waals surface area contributed by atoms with E-state index in [0.29, 0.717) is 27.4 Å². The summed E-state index contributed by atoms with van der Waals surface area (Å²) in [7, 11) is 0. The zero-order chi connectivity index (χ0) is 30.4. The number of carboxylic acids is 1. The van der Waals surface area contributed by atoms with E-state index in [1.807, 2.05) is 71.6 Å². The summed E-state index contributed by atoms with van der Waals surface area (Å²) in [6.07, 6.45) is 2.04. The lowest BCUT2D eigenvalue weighted by Crippen LogP contribution is -2.33. The van der Waals surface area contributed by atoms with Crippen molar-refractivity contribution in [3.63, 3.8) is 0 Å². The van der Waals surface area contributed by atoms with E-state index in [1.54, 1.807) is 6.07 Å². The largest absolute Gasteiger partial charge is 0.478 e. The van der Waals surface area contributed by atoms with Crippen molar-refractivity contribution < 1.29 is 24.2 Å². The summed E-state index contributed by atoms with van der Waals surface area (Å²) in [5, 5.41) is 12.1. The van der Waals surface area contributed by atoms with Crippen molar-refractivity contribution in [1.82, 2.24) is 10.2 Å². The van der Waals surface area contributed by atoms with Crippen molar-refractivity contribution in [3.8, 4) is 20.9 Å². The molecule has 2 aliphatic rings. The van der Waals surface area contributed by atoms with Crippen LogP contribution >= 0.6 is 45.9 Å². The molecule has 0 saturated carbocycles. The number of thiophene rings is 2. The third kappa shape index (κ3) is 10.1. The monoisotopic (exact) mass is 660 g/mol. The first-order valence-electron chi connectivity index (χ1n) is 14.0. The average molecular weight is 662 g/mol. The fraction of sp³-hybridized carbons (Fsp3) is 0.312. The van der Waals surface area contributed by atoms with Gasteiger partial charge in [0, 0.05) is 42.6 Å². The number of carbonyl (C=O) groups is 2. The second-order valence-corrected chi connectivity index (χ2v) is 12.9. The molecule has 228 valence electrons. The van der Waals surface area contributed by atoms with Crippen LogP contribution < -0.4 is 5.32 Å². The summed E-state index contributed by atoms with van der Waals surface area (Å²) >= 11 is 14.8. The Morgan fingerprint density at radius 2 is 1.28 bits per heavy atom. The van der Waals surface area contributed by atoms with Gasteiger partial charge in [-0.3, -0.25) is 4.79 Å². The van der Waals surface area contributed by atoms with Crippen LogP contribution in [0, 0.1) is 0 Å². The highest BCUT2D eigenvalue weighted by atomic mass is 35.5. The third-order valence-corrected chi connectivity index (χ3v) is 9.34. The Morgan fingerprint density at radius 1 is 0.721 bits per heavy atom. The first-order valence-corrected chi connectivity index (χ1v) is 16.4. The smallest absolute Gasteiger partial charge is 0.338 e. The molecule has 11 heteroatoms. The summed E-state index contributed by atoms with van der Waals surface area (Å²) in [6.45, 7) is 6.65. The zero-order valence-corrected chi connectivity index (χ0v) is 26.7. The minimum atomic E-state index is -0.988. The molecule has 6 rings (SSSR count). The van der Waals surface area contributed by atoms with Crippen molar-refractivity contribution >= 4 is 57.8 Å². The highest BCUT2D eigenvalue weighted by molar-refractivity contribution is 7.20. The first-order chi connectivity index (χ1) is 20.9. The topological polar surface area (TPSA) is 88.1 Å². The van der Waals surface area contributed by atoms with Gasteiger partial charge in [-0.1, -0.05) is 83.9 Å². The van der Waals surface area contributed by atoms with Crippen molar-refractivity contribution in [2.45, 2.75) is 12.8 Å². The molecule has 2 saturated heterocycles. The maximum atomic E-state index is 12.6. The lowest BCUT2D eigenvalue weighted by molar-refractivity contribution is 0.0696. The molecule has 2 aromatic carbocycles. The predicted octanol–water partition coefficient (Wildman–Crippen LogP) is 7.69. The molecule has 1 amide bonds. The highest BCUT2D eigenvalue weighted by Gasteiger charge is 2.22. The highest BCUT2D eigenvalue weighted by Crippen LogP contribution is 2.36. The number of carbonyl (C=O) groups excluding carboxylic acids is 1. The Balaban J connectivity index is 0.000000167. The fourth-order valence-corrected chi connectivity index (χ4v) is 6.84. The van der Waals surface area contributed by atoms with Crippen LogP contribution in [-0.4, -0.2) is 74.5 Å². The number of nitrogens with zero attached hydrogens (tertiary/aromatic N) is 1. The quantitative estimate of drug-likeness (QED) is 0.233. The Bertz CT molecular complexity index is 1420. The van der Waals surface area contributed by atoms with Gasteiger partial charge in [0.25, 0.3) is 5.91 Å². The van der Waals surface area contributed by atoms with Crippen LogP contribution in [-0.2, 0) is 9.47 Å². The Hall–Kier alpha value is -2.76. The molecule has 0 unspecified atom stereocenters. The molecule has 4 aromatic rings. The molecule has 0 radical (unpaired) electrons. The van der Waals surface area contributed by atoms with Crippen molar-refractivity contribution in [2.24, 2.45) is 0 Å². The van der Waals surface area contributed by atoms with E-state index in [2.05, 4.69) is 5.32 Å². The second kappa shape index (κ2) is 17.5. The van der Waals surface area contributed by atoms with Gasteiger partial charge in [-0.25, -0.2) is 4.79 Å². The van der Waals surface area contributed by atoms with Crippen molar-refractivity contribution in [3.05, 3.63) is 92.6 Å². The van der Waals surface area contributed by atoms with Crippen LogP contribution in [0.4, 0.5) is 0 Å². The third-order valence-electron chi connectivity index (χ3n) is 6.53. The van der Waals surface area contributed by atoms with E-state index in [0.717, 1.165) is 66.8 Å². The van der Waals surface area contributed by atoms with Gasteiger partial charge < -0.3 is 24.8 Å². The summed E-state index contributed by atoms with van der Waals surface area (Å²) in [5.41, 5.74) is 2.84. The van der Waals surface area contributed by atoms with Crippen LogP contribution in [0.25, 0.3) is 20.9 Å². The minimum Gasteiger partial charge on any atom is -0.478 e. The maximum Gasteiger partial charge on any atom is 0.338 e. The van der Waals surface area contributed by atoms with Gasteiger partial charge >= 0.3 is 5.97 Å². The summed E-state index contributed by atoms with van der Waals surface area (Å²) in [6, 6.07) is 23.1. The maximum absolute atomic E-state index is 12.6. The van der Waals surface area contributed by atoms with Crippen molar-refractivity contribution in [1.29, 1.82) is 0 Å². The van der Waals surface area contributed by atoms with Crippen molar-refractivity contribution in [2.75, 3.05) is 52.6 Å². The number of halogens is 2. The first kappa shape index (κ1) is 33.1. The number of amides is 1. The van der Waals surface area contributed by atoms with Gasteiger partial charge in [-0.05, 0) is 42.6 Å². The molecule has 43 heavy (non-hydrogen) atoms. The second-order valence-electron chi connectivity index (χ2n) is 9.61. The van der Waals surface area contributed by atoms with Crippen LogP contribution in [0.15, 0.2) is 72.8 Å². The molecule has 2 fully saturated rings. The van der Waals surface area contributed by atoms with E-state index in [9.17, 15) is 9.59 Å². The number of hydrogen-bond donors (Lipinski definition) is 2. The fourth-order valence-electron chi connectivity index (χ4n) is 4.31. The molecule has 0 aliphatic carbocycles. The molecule has 0 bridgehead atoms. The number of ether oxygens (including phenoxy) is 2. The molecular formula is C32H34Cl2N2O5S2. The van der Waals surface area contributed by atoms with Gasteiger partial charge in [0.15, 0.2) is 0 Å². The molecule has 2 aromatic heterocycles. The summed E-state index contributed by atoms with van der Waals surface area (Å²) in [4.78, 5) is 27.1. The van der Waals surface area contributed by atoms with Gasteiger partial charge in [-0.2, -0.15) is 0 Å². The van der Waals surface area contributed by atoms with Gasteiger partial charge in [-0.15, -0.1) is 22.7 Å². The Labute approximate surface area is 270 Å². The minimum absolute atomic E-state index is 0.00364. The summed E-state index contributed by atoms with van der Waals surface area (Å²) in [5.74, 6) is -0.984. The number of benzene rings is 2. The number of hydrogen-bond acceptors (Lipinski definition) is 7. The lowest BCUT2D eigenvalue weighted by atomic mass is 10.1. The van der Waals surface area contributed by atoms with E-state index in [-0.39, 0.29) is 11.5 Å². The van der Waals surface area contributed by atoms with E-state index >= 15 is 0 Å². The number of carboxylic acid groups (broad SMARTS) is 1. The summed E-state index contributed by atoms with van der Waals surface area (Å²) < 4.78 is 11.4. The molecule has 2 N–H and O–H groups in total. The molecule has 2 aliphatic heterocycles. The molecule has 4 heterocycles. The standard InChI is InChI=1S/C16H16ClNO2S.C11H7ClO2S.C5H11NO/c17-15-13(16(19)18-7-4-9-20-10-8-18)11-14(21-15)12-5-2-1-3-6-12;12-10-8(11(13)14)6-9(15-10)7-4-2-1-3-5-7;1-2-6-3-5-7-4-1/h1-3,5-6,11H,4,7-10H2;1-6H,(H,13,14);6H,1-5H2. The molecule has 7 nitrogen and oxygen atoms in total. The number of nitrogens with one attached hydrogen (secondary N) is 1. The average Bonchev–Trinajstić information content (AvgIpc) is 3.33. The molecule has 0 atom stereocenters. The van der Waals surface area contributed by atoms with Crippen LogP contribution in [0.5, 0.6) is 0 Å². The molecular weight excluding hydrogens is 627 g/mol. The normalized spacial score (nSPS) is 15.2. The Morgan fingerprint density at radius 3 is 1.88 bits per heavy atom. The van der Waals surface area contributed by atoms with Crippen LogP contribution in [0.2, 0.25) is 8.67 Å². The lowest BCUT2D eigenvalue weighted by Gasteiger charge is -2.19. The van der Waals surface area contributed by atoms with E-state index in [1.165, 1.54) is 29.1 Å². The van der Waals surface area contributed by atoms with Gasteiger partial charge in [0.05, 0.1) is 24.3 Å². The van der Waals surface area contributed by atoms with E-state index < -0.39 is 5.97 Å². The number of rotatable bonds is 4. The van der Waals surface area contributed by atoms with Gasteiger partial charge in [0.2, 0.25) is 0 Å². The number of aromatic carboxylic acids is 1. The van der Waals surface area contributed by atoms with Crippen LogP contribution in [0.3, 0.4) is 0 Å². The predicted molar refractivity (Wildman–Crippen MR) is 176 cm³/mol. The van der Waals surface area contributed by atoms with Gasteiger partial charge in [0.1, 0.15) is 8.67 Å². The Kier molecular flexibility index (Phi) is 13.5. The molecule has 0 spiro atoms. The van der Waals surface area contributed by atoms with E-state index in [4.69, 9.17) is 37.8 Å². The SMILES string of the molecule is C1CNCCOC1.O=C(O)c1cc(-c2ccccc2)sc1Cl.O=C(c1cc(-c2ccccc2)sc1Cl)N1CCCOCC1. The zero-order valence-electron chi connectivity index (χ0n) is 23.6. The van der Waals surface area contributed by atoms with Crippen LogP contribution in [0.1, 0.15) is 33.6 Å².